The van der Waals surface area contributed by atoms with Crippen molar-refractivity contribution in [3.63, 3.8) is 0 Å². The lowest BCUT2D eigenvalue weighted by Crippen LogP contribution is -2.41. The maximum atomic E-state index is 12.4. The van der Waals surface area contributed by atoms with Crippen molar-refractivity contribution in [1.82, 2.24) is 10.4 Å². The van der Waals surface area contributed by atoms with Crippen molar-refractivity contribution >= 4 is 19.2 Å². The smallest absolute Gasteiger partial charge is 0.268 e. The van der Waals surface area contributed by atoms with Crippen LogP contribution in [0.25, 0.3) is 0 Å². The van der Waals surface area contributed by atoms with Crippen LogP contribution in [0.15, 0.2) is 12.1 Å². The lowest BCUT2D eigenvalue weighted by molar-refractivity contribution is 0.0502. The standard InChI is InChI=1S/C15H19BN2O2/c1-10-6-13(16)7-12-9-18(15(19)14(10)12)17-8-11-2-4-20-5-3-11/h6-7,11,17H,2-5,8-9H2,1H3. The van der Waals surface area contributed by atoms with Crippen molar-refractivity contribution in [2.24, 2.45) is 5.92 Å². The lowest BCUT2D eigenvalue weighted by Gasteiger charge is -2.25. The summed E-state index contributed by atoms with van der Waals surface area (Å²) >= 11 is 0. The number of hydrogen-bond donors (Lipinski definition) is 1. The summed E-state index contributed by atoms with van der Waals surface area (Å²) in [7, 11) is 5.85. The minimum absolute atomic E-state index is 0.0598. The number of nitrogens with one attached hydrogen (secondary N) is 1. The molecule has 0 atom stereocenters. The molecule has 5 heteroatoms. The second-order valence-electron chi connectivity index (χ2n) is 5.68. The molecule has 2 radical (unpaired) electrons. The first-order chi connectivity index (χ1) is 9.65. The van der Waals surface area contributed by atoms with Crippen LogP contribution in [0.3, 0.4) is 0 Å². The van der Waals surface area contributed by atoms with Gasteiger partial charge in [-0.05, 0) is 36.8 Å². The number of carbonyl (C=O) groups excluding carboxylic acids is 1. The Morgan fingerprint density at radius 1 is 1.40 bits per heavy atom. The minimum atomic E-state index is 0.0598. The van der Waals surface area contributed by atoms with Gasteiger partial charge in [-0.25, -0.2) is 5.43 Å². The van der Waals surface area contributed by atoms with Crippen LogP contribution >= 0.6 is 0 Å². The number of hydrogen-bond acceptors (Lipinski definition) is 3. The van der Waals surface area contributed by atoms with Gasteiger partial charge in [0.15, 0.2) is 0 Å². The fraction of sp³-hybridized carbons (Fsp3) is 0.533. The SMILES string of the molecule is [B]c1cc(C)c2c(c1)CN(NCC1CCOCC1)C2=O. The van der Waals surface area contributed by atoms with Crippen molar-refractivity contribution in [3.8, 4) is 0 Å². The van der Waals surface area contributed by atoms with Gasteiger partial charge < -0.3 is 4.74 Å². The van der Waals surface area contributed by atoms with Gasteiger partial charge in [0.1, 0.15) is 7.85 Å². The number of ether oxygens (including phenoxy) is 1. The molecule has 0 aliphatic carbocycles. The Morgan fingerprint density at radius 2 is 2.15 bits per heavy atom. The Bertz CT molecular complexity index is 527. The van der Waals surface area contributed by atoms with Gasteiger partial charge >= 0.3 is 0 Å². The Hall–Kier alpha value is -1.33. The Morgan fingerprint density at radius 3 is 2.90 bits per heavy atom. The van der Waals surface area contributed by atoms with Crippen molar-refractivity contribution < 1.29 is 9.53 Å². The molecule has 0 bridgehead atoms. The van der Waals surface area contributed by atoms with Gasteiger partial charge in [-0.2, -0.15) is 0 Å². The number of amides is 1. The summed E-state index contributed by atoms with van der Waals surface area (Å²) in [6.45, 7) is 5.03. The summed E-state index contributed by atoms with van der Waals surface area (Å²) in [5, 5.41) is 1.71. The number of nitrogens with zero attached hydrogens (tertiary/aromatic N) is 1. The summed E-state index contributed by atoms with van der Waals surface area (Å²) < 4.78 is 5.35. The van der Waals surface area contributed by atoms with E-state index in [1.165, 1.54) is 0 Å². The monoisotopic (exact) mass is 270 g/mol. The number of benzene rings is 1. The second-order valence-corrected chi connectivity index (χ2v) is 5.68. The molecule has 2 aliphatic rings. The number of hydrazine groups is 1. The number of carbonyl (C=O) groups is 1. The van der Waals surface area contributed by atoms with E-state index in [-0.39, 0.29) is 5.91 Å². The first-order valence-corrected chi connectivity index (χ1v) is 7.17. The zero-order valence-corrected chi connectivity index (χ0v) is 11.8. The average molecular weight is 270 g/mol. The number of fused-ring (bicyclic) bond motifs is 1. The van der Waals surface area contributed by atoms with Crippen LogP contribution in [0.4, 0.5) is 0 Å². The van der Waals surface area contributed by atoms with Crippen LogP contribution < -0.4 is 10.9 Å². The second kappa shape index (κ2) is 5.58. The van der Waals surface area contributed by atoms with Crippen LogP contribution in [-0.2, 0) is 11.3 Å². The highest BCUT2D eigenvalue weighted by molar-refractivity contribution is 6.32. The molecular weight excluding hydrogens is 251 g/mol. The molecule has 2 aliphatic heterocycles. The molecule has 0 unspecified atom stereocenters. The summed E-state index contributed by atoms with van der Waals surface area (Å²) in [5.41, 5.74) is 6.79. The maximum absolute atomic E-state index is 12.4. The van der Waals surface area contributed by atoms with Gasteiger partial charge in [-0.3, -0.25) is 9.80 Å². The highest BCUT2D eigenvalue weighted by Crippen LogP contribution is 2.24. The van der Waals surface area contributed by atoms with Crippen LogP contribution in [-0.4, -0.2) is 38.5 Å². The largest absolute Gasteiger partial charge is 0.381 e. The molecule has 1 fully saturated rings. The molecule has 0 spiro atoms. The van der Waals surface area contributed by atoms with Crippen molar-refractivity contribution in [2.75, 3.05) is 19.8 Å². The molecule has 104 valence electrons. The Balaban J connectivity index is 1.66. The van der Waals surface area contributed by atoms with Crippen molar-refractivity contribution in [2.45, 2.75) is 26.3 Å². The van der Waals surface area contributed by atoms with E-state index in [2.05, 4.69) is 5.43 Å². The summed E-state index contributed by atoms with van der Waals surface area (Å²) in [6, 6.07) is 3.76. The summed E-state index contributed by atoms with van der Waals surface area (Å²) in [4.78, 5) is 12.4. The summed E-state index contributed by atoms with van der Waals surface area (Å²) in [5.74, 6) is 0.649. The molecule has 1 saturated heterocycles. The topological polar surface area (TPSA) is 41.6 Å². The van der Waals surface area contributed by atoms with Gasteiger partial charge in [-0.15, -0.1) is 0 Å². The highest BCUT2D eigenvalue weighted by Gasteiger charge is 2.29. The van der Waals surface area contributed by atoms with E-state index in [0.717, 1.165) is 54.8 Å². The molecule has 20 heavy (non-hydrogen) atoms. The third kappa shape index (κ3) is 2.60. The number of aryl methyl sites for hydroxylation is 1. The average Bonchev–Trinajstić information content (AvgIpc) is 2.74. The molecule has 1 amide bonds. The van der Waals surface area contributed by atoms with E-state index in [4.69, 9.17) is 12.6 Å². The Kier molecular flexibility index (Phi) is 3.81. The van der Waals surface area contributed by atoms with Gasteiger partial charge in [0, 0.05) is 25.3 Å². The highest BCUT2D eigenvalue weighted by atomic mass is 16.5. The first kappa shape index (κ1) is 13.6. The molecule has 1 aromatic carbocycles. The van der Waals surface area contributed by atoms with Crippen LogP contribution in [0, 0.1) is 12.8 Å². The third-order valence-electron chi connectivity index (χ3n) is 4.14. The van der Waals surface area contributed by atoms with Gasteiger partial charge in [-0.1, -0.05) is 17.6 Å². The molecular formula is C15H19BN2O2. The normalized spacial score (nSPS) is 19.4. The molecule has 3 rings (SSSR count). The predicted octanol–water partition coefficient (Wildman–Crippen LogP) is 0.676. The van der Waals surface area contributed by atoms with E-state index >= 15 is 0 Å². The first-order valence-electron chi connectivity index (χ1n) is 7.17. The maximum Gasteiger partial charge on any atom is 0.268 e. The zero-order valence-electron chi connectivity index (χ0n) is 11.8. The quantitative estimate of drug-likeness (QED) is 0.821. The van der Waals surface area contributed by atoms with Crippen molar-refractivity contribution in [1.29, 1.82) is 0 Å². The van der Waals surface area contributed by atoms with E-state index in [1.54, 1.807) is 5.01 Å². The van der Waals surface area contributed by atoms with Crippen LogP contribution in [0.1, 0.15) is 34.3 Å². The molecule has 1 N–H and O–H groups in total. The van der Waals surface area contributed by atoms with Gasteiger partial charge in [0.25, 0.3) is 5.91 Å². The van der Waals surface area contributed by atoms with Gasteiger partial charge in [0.05, 0.1) is 6.54 Å². The fourth-order valence-electron chi connectivity index (χ4n) is 3.02. The van der Waals surface area contributed by atoms with E-state index in [1.807, 2.05) is 19.1 Å². The molecule has 0 aromatic heterocycles. The molecule has 4 nitrogen and oxygen atoms in total. The zero-order chi connectivity index (χ0) is 14.1. The molecule has 1 aromatic rings. The van der Waals surface area contributed by atoms with E-state index < -0.39 is 0 Å². The minimum Gasteiger partial charge on any atom is -0.381 e. The summed E-state index contributed by atoms with van der Waals surface area (Å²) in [6.07, 6.45) is 2.13. The van der Waals surface area contributed by atoms with E-state index in [0.29, 0.717) is 12.5 Å². The predicted molar refractivity (Wildman–Crippen MR) is 78.0 cm³/mol. The molecule has 2 heterocycles. The van der Waals surface area contributed by atoms with Crippen LogP contribution in [0.2, 0.25) is 0 Å². The van der Waals surface area contributed by atoms with Gasteiger partial charge in [0.2, 0.25) is 0 Å². The molecule has 0 saturated carbocycles. The lowest BCUT2D eigenvalue weighted by atomic mass is 9.90. The third-order valence-corrected chi connectivity index (χ3v) is 4.14. The Labute approximate surface area is 120 Å². The van der Waals surface area contributed by atoms with Crippen molar-refractivity contribution in [3.05, 3.63) is 28.8 Å². The number of rotatable bonds is 3. The van der Waals surface area contributed by atoms with Crippen LogP contribution in [0.5, 0.6) is 0 Å². The van der Waals surface area contributed by atoms with E-state index in [9.17, 15) is 4.79 Å². The fourth-order valence-corrected chi connectivity index (χ4v) is 3.02.